The van der Waals surface area contributed by atoms with Crippen molar-refractivity contribution in [3.8, 4) is 0 Å². The molecule has 0 unspecified atom stereocenters. The third kappa shape index (κ3) is 2.47. The number of rotatable bonds is 3. The van der Waals surface area contributed by atoms with Gasteiger partial charge in [0, 0.05) is 17.8 Å². The third-order valence-corrected chi connectivity index (χ3v) is 1.98. The Kier molecular flexibility index (Phi) is 2.72. The summed E-state index contributed by atoms with van der Waals surface area (Å²) < 4.78 is 4.94. The van der Waals surface area contributed by atoms with Crippen molar-refractivity contribution in [1.82, 2.24) is 15.4 Å². The molecule has 6 nitrogen and oxygen atoms in total. The summed E-state index contributed by atoms with van der Waals surface area (Å²) in [6.07, 6.45) is 0.159. The number of anilines is 1. The van der Waals surface area contributed by atoms with Gasteiger partial charge in [-0.25, -0.2) is 0 Å². The third-order valence-electron chi connectivity index (χ3n) is 1.98. The van der Waals surface area contributed by atoms with Gasteiger partial charge in [-0.05, 0) is 13.8 Å². The summed E-state index contributed by atoms with van der Waals surface area (Å²) in [6, 6.07) is 3.49. The van der Waals surface area contributed by atoms with E-state index >= 15 is 0 Å². The zero-order valence-corrected chi connectivity index (χ0v) is 9.07. The van der Waals surface area contributed by atoms with Gasteiger partial charge in [0.15, 0.2) is 5.82 Å². The zero-order valence-electron chi connectivity index (χ0n) is 9.07. The van der Waals surface area contributed by atoms with Crippen molar-refractivity contribution < 1.29 is 9.32 Å². The number of aromatic nitrogens is 3. The molecule has 2 heterocycles. The fraction of sp³-hybridized carbons (Fsp3) is 0.300. The Hall–Kier alpha value is -2.11. The fourth-order valence-corrected chi connectivity index (χ4v) is 1.33. The average Bonchev–Trinajstić information content (AvgIpc) is 2.76. The number of hydrogen-bond acceptors (Lipinski definition) is 4. The van der Waals surface area contributed by atoms with Crippen LogP contribution in [0.5, 0.6) is 0 Å². The SMILES string of the molecule is Cc1cc(CC(=O)Nc2cc(C)[nH]n2)on1. The van der Waals surface area contributed by atoms with Crippen molar-refractivity contribution in [2.75, 3.05) is 5.32 Å². The van der Waals surface area contributed by atoms with Crippen LogP contribution in [0, 0.1) is 13.8 Å². The number of carbonyl (C=O) groups is 1. The highest BCUT2D eigenvalue weighted by Crippen LogP contribution is 2.07. The van der Waals surface area contributed by atoms with Gasteiger partial charge in [0.1, 0.15) is 5.76 Å². The van der Waals surface area contributed by atoms with Crippen molar-refractivity contribution in [2.45, 2.75) is 20.3 Å². The van der Waals surface area contributed by atoms with Gasteiger partial charge in [0.05, 0.1) is 12.1 Å². The number of carbonyl (C=O) groups excluding carboxylic acids is 1. The Bertz CT molecular complexity index is 456. The first-order valence-corrected chi connectivity index (χ1v) is 4.87. The van der Waals surface area contributed by atoms with Crippen LogP contribution in [0.25, 0.3) is 0 Å². The van der Waals surface area contributed by atoms with Crippen LogP contribution in [0.4, 0.5) is 5.82 Å². The molecule has 2 rings (SSSR count). The standard InChI is InChI=1S/C10H12N4O2/c1-6-4-9(13-12-6)11-10(15)5-8-3-7(2)14-16-8/h3-4H,5H2,1-2H3,(H2,11,12,13,15). The monoisotopic (exact) mass is 220 g/mol. The Balaban J connectivity index is 1.94. The van der Waals surface area contributed by atoms with E-state index in [9.17, 15) is 4.79 Å². The number of aryl methyl sites for hydroxylation is 2. The van der Waals surface area contributed by atoms with Crippen LogP contribution in [-0.4, -0.2) is 21.3 Å². The van der Waals surface area contributed by atoms with Crippen LogP contribution < -0.4 is 5.32 Å². The van der Waals surface area contributed by atoms with Crippen molar-refractivity contribution in [3.05, 3.63) is 29.3 Å². The molecule has 0 aliphatic rings. The molecule has 0 radical (unpaired) electrons. The molecular weight excluding hydrogens is 208 g/mol. The molecule has 6 heteroatoms. The molecule has 16 heavy (non-hydrogen) atoms. The van der Waals surface area contributed by atoms with E-state index in [1.807, 2.05) is 13.8 Å². The second kappa shape index (κ2) is 4.18. The molecule has 0 aliphatic carbocycles. The van der Waals surface area contributed by atoms with E-state index < -0.39 is 0 Å². The van der Waals surface area contributed by atoms with Crippen LogP contribution >= 0.6 is 0 Å². The van der Waals surface area contributed by atoms with Gasteiger partial charge in [-0.1, -0.05) is 5.16 Å². The molecule has 0 aliphatic heterocycles. The Morgan fingerprint density at radius 3 is 2.88 bits per heavy atom. The Labute approximate surface area is 92.0 Å². The van der Waals surface area contributed by atoms with E-state index in [2.05, 4.69) is 20.7 Å². The Morgan fingerprint density at radius 1 is 1.50 bits per heavy atom. The molecule has 0 aromatic carbocycles. The molecule has 0 saturated heterocycles. The number of nitrogens with zero attached hydrogens (tertiary/aromatic N) is 2. The highest BCUT2D eigenvalue weighted by molar-refractivity contribution is 5.91. The van der Waals surface area contributed by atoms with Crippen LogP contribution in [-0.2, 0) is 11.2 Å². The fourth-order valence-electron chi connectivity index (χ4n) is 1.33. The van der Waals surface area contributed by atoms with Crippen LogP contribution in [0.3, 0.4) is 0 Å². The maximum atomic E-state index is 11.5. The second-order valence-electron chi connectivity index (χ2n) is 3.60. The van der Waals surface area contributed by atoms with Gasteiger partial charge in [-0.2, -0.15) is 5.10 Å². The van der Waals surface area contributed by atoms with Gasteiger partial charge in [0.2, 0.25) is 5.91 Å². The first-order valence-electron chi connectivity index (χ1n) is 4.87. The van der Waals surface area contributed by atoms with Crippen LogP contribution in [0.2, 0.25) is 0 Å². The minimum absolute atomic E-state index is 0.159. The summed E-state index contributed by atoms with van der Waals surface area (Å²) in [5.41, 5.74) is 1.66. The summed E-state index contributed by atoms with van der Waals surface area (Å²) in [5.74, 6) is 0.878. The molecule has 0 fully saturated rings. The molecule has 0 bridgehead atoms. The first kappa shape index (κ1) is 10.4. The summed E-state index contributed by atoms with van der Waals surface area (Å²) in [7, 11) is 0. The number of aromatic amines is 1. The topological polar surface area (TPSA) is 83.8 Å². The molecule has 84 valence electrons. The molecule has 2 aromatic rings. The van der Waals surface area contributed by atoms with Crippen molar-refractivity contribution >= 4 is 11.7 Å². The highest BCUT2D eigenvalue weighted by atomic mass is 16.5. The van der Waals surface area contributed by atoms with Crippen molar-refractivity contribution in [1.29, 1.82) is 0 Å². The maximum Gasteiger partial charge on any atom is 0.233 e. The molecule has 0 saturated carbocycles. The van der Waals surface area contributed by atoms with Gasteiger partial charge >= 0.3 is 0 Å². The smallest absolute Gasteiger partial charge is 0.233 e. The molecule has 1 amide bonds. The molecule has 2 N–H and O–H groups in total. The molecule has 2 aromatic heterocycles. The summed E-state index contributed by atoms with van der Waals surface area (Å²) in [6.45, 7) is 3.67. The van der Waals surface area contributed by atoms with Gasteiger partial charge in [-0.3, -0.25) is 9.89 Å². The molecule has 0 spiro atoms. The largest absolute Gasteiger partial charge is 0.361 e. The number of H-pyrrole nitrogens is 1. The summed E-state index contributed by atoms with van der Waals surface area (Å²) in [4.78, 5) is 11.5. The van der Waals surface area contributed by atoms with Crippen molar-refractivity contribution in [2.24, 2.45) is 0 Å². The van der Waals surface area contributed by atoms with Gasteiger partial charge in [-0.15, -0.1) is 0 Å². The number of amides is 1. The summed E-state index contributed by atoms with van der Waals surface area (Å²) >= 11 is 0. The quantitative estimate of drug-likeness (QED) is 0.813. The normalized spacial score (nSPS) is 10.4. The van der Waals surface area contributed by atoms with Crippen molar-refractivity contribution in [3.63, 3.8) is 0 Å². The second-order valence-corrected chi connectivity index (χ2v) is 3.60. The lowest BCUT2D eigenvalue weighted by atomic mass is 10.3. The van der Waals surface area contributed by atoms with E-state index in [1.165, 1.54) is 0 Å². The average molecular weight is 220 g/mol. The maximum absolute atomic E-state index is 11.5. The van der Waals surface area contributed by atoms with Crippen LogP contribution in [0.1, 0.15) is 17.1 Å². The predicted octanol–water partition coefficient (Wildman–Crippen LogP) is 1.20. The highest BCUT2D eigenvalue weighted by Gasteiger charge is 2.09. The van der Waals surface area contributed by atoms with E-state index in [0.717, 1.165) is 11.4 Å². The van der Waals surface area contributed by atoms with Crippen LogP contribution in [0.15, 0.2) is 16.7 Å². The first-order chi connectivity index (χ1) is 7.63. The zero-order chi connectivity index (χ0) is 11.5. The van der Waals surface area contributed by atoms with E-state index in [1.54, 1.807) is 12.1 Å². The predicted molar refractivity (Wildman–Crippen MR) is 56.9 cm³/mol. The number of nitrogens with one attached hydrogen (secondary N) is 2. The summed E-state index contributed by atoms with van der Waals surface area (Å²) in [5, 5.41) is 13.0. The minimum atomic E-state index is -0.178. The van der Waals surface area contributed by atoms with Gasteiger partial charge in [0.25, 0.3) is 0 Å². The van der Waals surface area contributed by atoms with E-state index in [-0.39, 0.29) is 12.3 Å². The minimum Gasteiger partial charge on any atom is -0.361 e. The number of hydrogen-bond donors (Lipinski definition) is 2. The van der Waals surface area contributed by atoms with E-state index in [4.69, 9.17) is 4.52 Å². The lowest BCUT2D eigenvalue weighted by molar-refractivity contribution is -0.115. The Morgan fingerprint density at radius 2 is 2.31 bits per heavy atom. The van der Waals surface area contributed by atoms with E-state index in [0.29, 0.717) is 11.6 Å². The molecule has 0 atom stereocenters. The molecular formula is C10H12N4O2. The lowest BCUT2D eigenvalue weighted by Gasteiger charge is -1.97. The van der Waals surface area contributed by atoms with Gasteiger partial charge < -0.3 is 9.84 Å². The lowest BCUT2D eigenvalue weighted by Crippen LogP contribution is -2.14.